The number of aromatic nitrogens is 2. The van der Waals surface area contributed by atoms with Crippen LogP contribution in [0.25, 0.3) is 110 Å². The van der Waals surface area contributed by atoms with E-state index in [1.165, 1.54) is 104 Å². The Morgan fingerprint density at radius 2 is 0.586 bits per heavy atom. The molecule has 12 aromatic rings. The van der Waals surface area contributed by atoms with Gasteiger partial charge < -0.3 is 9.13 Å². The standard InChI is InChI=1S/C56H36N2/c1-3-15-37(16-4-1)55-46-21-7-9-23-48(46)56(49-24-10-8-22-47(49)55)38-27-31-42(32-28-38)58-51-25-13-11-19-43(51)45-33-29-40(36-54(45)58)39-30-34-53-50(35-39)44-20-12-14-26-52(44)57(53)41-17-5-2-6-18-41/h1-36H. The van der Waals surface area contributed by atoms with Crippen LogP contribution in [0, 0.1) is 0 Å². The second kappa shape index (κ2) is 12.9. The van der Waals surface area contributed by atoms with E-state index in [4.69, 9.17) is 0 Å². The highest BCUT2D eigenvalue weighted by atomic mass is 15.0. The van der Waals surface area contributed by atoms with Crippen LogP contribution in [0.5, 0.6) is 0 Å². The van der Waals surface area contributed by atoms with Crippen LogP contribution >= 0.6 is 0 Å². The van der Waals surface area contributed by atoms with Gasteiger partial charge in [-0.2, -0.15) is 0 Å². The van der Waals surface area contributed by atoms with Gasteiger partial charge in [-0.3, -0.25) is 0 Å². The molecule has 2 heterocycles. The second-order valence-corrected chi connectivity index (χ2v) is 15.3. The molecule has 2 nitrogen and oxygen atoms in total. The zero-order chi connectivity index (χ0) is 38.2. The van der Waals surface area contributed by atoms with Crippen molar-refractivity contribution < 1.29 is 0 Å². The van der Waals surface area contributed by atoms with Crippen molar-refractivity contribution in [3.05, 3.63) is 218 Å². The van der Waals surface area contributed by atoms with Crippen molar-refractivity contribution in [1.29, 1.82) is 0 Å². The van der Waals surface area contributed by atoms with Crippen molar-refractivity contribution in [3.63, 3.8) is 0 Å². The number of fused-ring (bicyclic) bond motifs is 8. The Balaban J connectivity index is 1.02. The highest BCUT2D eigenvalue weighted by Crippen LogP contribution is 2.44. The van der Waals surface area contributed by atoms with Crippen molar-refractivity contribution in [3.8, 4) is 44.8 Å². The minimum atomic E-state index is 1.14. The fourth-order valence-electron chi connectivity index (χ4n) is 9.57. The van der Waals surface area contributed by atoms with Crippen molar-refractivity contribution in [2.75, 3.05) is 0 Å². The molecular weight excluding hydrogens is 701 g/mol. The molecule has 0 amide bonds. The highest BCUT2D eigenvalue weighted by molar-refractivity contribution is 6.21. The molecule has 2 heteroatoms. The molecule has 0 atom stereocenters. The number of rotatable bonds is 5. The SMILES string of the molecule is c1ccc(-c2c3ccccc3c(-c3ccc(-n4c5ccccc5c5ccc(-c6ccc7c(c6)c6ccccc6n7-c6ccccc6)cc54)cc3)c3ccccc23)cc1. The average Bonchev–Trinajstić information content (AvgIpc) is 3.81. The van der Waals surface area contributed by atoms with Crippen molar-refractivity contribution in [2.45, 2.75) is 0 Å². The van der Waals surface area contributed by atoms with Gasteiger partial charge in [0.05, 0.1) is 22.1 Å². The first-order chi connectivity index (χ1) is 28.8. The first kappa shape index (κ1) is 32.6. The van der Waals surface area contributed by atoms with Crippen LogP contribution in [0.15, 0.2) is 218 Å². The summed E-state index contributed by atoms with van der Waals surface area (Å²) in [4.78, 5) is 0. The quantitative estimate of drug-likeness (QED) is 0.156. The largest absolute Gasteiger partial charge is 0.309 e. The topological polar surface area (TPSA) is 9.86 Å². The molecule has 58 heavy (non-hydrogen) atoms. The van der Waals surface area contributed by atoms with Gasteiger partial charge in [0.25, 0.3) is 0 Å². The van der Waals surface area contributed by atoms with Crippen molar-refractivity contribution in [2.24, 2.45) is 0 Å². The molecule has 0 N–H and O–H groups in total. The van der Waals surface area contributed by atoms with Gasteiger partial charge in [0, 0.05) is 32.9 Å². The molecular formula is C56H36N2. The molecule has 0 unspecified atom stereocenters. The van der Waals surface area contributed by atoms with Gasteiger partial charge in [0.2, 0.25) is 0 Å². The number of hydrogen-bond acceptors (Lipinski definition) is 0. The summed E-state index contributed by atoms with van der Waals surface area (Å²) in [5.74, 6) is 0. The predicted octanol–water partition coefficient (Wildman–Crippen LogP) is 15.2. The third-order valence-corrected chi connectivity index (χ3v) is 12.1. The Kier molecular flexibility index (Phi) is 7.26. The Morgan fingerprint density at radius 1 is 0.207 bits per heavy atom. The van der Waals surface area contributed by atoms with E-state index in [1.54, 1.807) is 0 Å². The van der Waals surface area contributed by atoms with Gasteiger partial charge in [0.15, 0.2) is 0 Å². The molecule has 0 radical (unpaired) electrons. The minimum absolute atomic E-state index is 1.14. The van der Waals surface area contributed by atoms with Crippen LogP contribution in [-0.2, 0) is 0 Å². The summed E-state index contributed by atoms with van der Waals surface area (Å²) in [5, 5.41) is 10.1. The molecule has 0 bridgehead atoms. The van der Waals surface area contributed by atoms with Crippen LogP contribution in [-0.4, -0.2) is 9.13 Å². The number of hydrogen-bond donors (Lipinski definition) is 0. The highest BCUT2D eigenvalue weighted by Gasteiger charge is 2.19. The lowest BCUT2D eigenvalue weighted by Crippen LogP contribution is -1.95. The summed E-state index contributed by atoms with van der Waals surface area (Å²) in [6, 6.07) is 79.9. The molecule has 270 valence electrons. The van der Waals surface area contributed by atoms with Crippen LogP contribution in [0.4, 0.5) is 0 Å². The van der Waals surface area contributed by atoms with Crippen LogP contribution in [0.3, 0.4) is 0 Å². The average molecular weight is 737 g/mol. The summed E-state index contributed by atoms with van der Waals surface area (Å²) in [5.41, 5.74) is 14.5. The molecule has 0 aliphatic rings. The van der Waals surface area contributed by atoms with Crippen molar-refractivity contribution in [1.82, 2.24) is 9.13 Å². The van der Waals surface area contributed by atoms with Gasteiger partial charge in [-0.15, -0.1) is 0 Å². The maximum absolute atomic E-state index is 2.44. The Bertz CT molecular complexity index is 3480. The molecule has 12 rings (SSSR count). The van der Waals surface area contributed by atoms with Gasteiger partial charge in [-0.05, 0) is 110 Å². The Labute approximate surface area is 336 Å². The maximum atomic E-state index is 2.44. The molecule has 0 fully saturated rings. The Hall–Kier alpha value is -7.68. The lowest BCUT2D eigenvalue weighted by molar-refractivity contribution is 1.18. The van der Waals surface area contributed by atoms with Gasteiger partial charge in [-0.1, -0.05) is 164 Å². The van der Waals surface area contributed by atoms with Gasteiger partial charge >= 0.3 is 0 Å². The fourth-order valence-corrected chi connectivity index (χ4v) is 9.57. The van der Waals surface area contributed by atoms with Crippen molar-refractivity contribution >= 4 is 65.2 Å². The first-order valence-electron chi connectivity index (χ1n) is 20.0. The number of benzene rings is 10. The monoisotopic (exact) mass is 736 g/mol. The van der Waals surface area contributed by atoms with Crippen LogP contribution in [0.2, 0.25) is 0 Å². The molecule has 0 saturated heterocycles. The third kappa shape index (κ3) is 4.92. The summed E-state index contributed by atoms with van der Waals surface area (Å²) in [6.45, 7) is 0. The Morgan fingerprint density at radius 3 is 1.19 bits per heavy atom. The van der Waals surface area contributed by atoms with E-state index < -0.39 is 0 Å². The molecule has 10 aromatic carbocycles. The van der Waals surface area contributed by atoms with E-state index in [0.29, 0.717) is 0 Å². The lowest BCUT2D eigenvalue weighted by atomic mass is 9.86. The van der Waals surface area contributed by atoms with Crippen LogP contribution in [0.1, 0.15) is 0 Å². The second-order valence-electron chi connectivity index (χ2n) is 15.3. The zero-order valence-corrected chi connectivity index (χ0v) is 31.7. The molecule has 2 aromatic heterocycles. The lowest BCUT2D eigenvalue weighted by Gasteiger charge is -2.18. The molecule has 0 spiro atoms. The number of nitrogens with zero attached hydrogens (tertiary/aromatic N) is 2. The normalized spacial score (nSPS) is 11.8. The van der Waals surface area contributed by atoms with E-state index in [2.05, 4.69) is 228 Å². The maximum Gasteiger partial charge on any atom is 0.0547 e. The fraction of sp³-hybridized carbons (Fsp3) is 0. The van der Waals surface area contributed by atoms with E-state index in [9.17, 15) is 0 Å². The predicted molar refractivity (Wildman–Crippen MR) is 246 cm³/mol. The summed E-state index contributed by atoms with van der Waals surface area (Å²) < 4.78 is 4.81. The summed E-state index contributed by atoms with van der Waals surface area (Å²) >= 11 is 0. The van der Waals surface area contributed by atoms with Crippen LogP contribution < -0.4 is 0 Å². The first-order valence-corrected chi connectivity index (χ1v) is 20.0. The van der Waals surface area contributed by atoms with E-state index >= 15 is 0 Å². The molecule has 0 saturated carbocycles. The zero-order valence-electron chi connectivity index (χ0n) is 31.7. The molecule has 0 aliphatic heterocycles. The third-order valence-electron chi connectivity index (χ3n) is 12.1. The summed E-state index contributed by atoms with van der Waals surface area (Å²) in [7, 11) is 0. The smallest absolute Gasteiger partial charge is 0.0547 e. The van der Waals surface area contributed by atoms with E-state index in [0.717, 1.165) is 5.69 Å². The minimum Gasteiger partial charge on any atom is -0.309 e. The number of para-hydroxylation sites is 3. The molecule has 0 aliphatic carbocycles. The van der Waals surface area contributed by atoms with Gasteiger partial charge in [-0.25, -0.2) is 0 Å². The summed E-state index contributed by atoms with van der Waals surface area (Å²) in [6.07, 6.45) is 0. The van der Waals surface area contributed by atoms with E-state index in [1.807, 2.05) is 0 Å². The van der Waals surface area contributed by atoms with E-state index in [-0.39, 0.29) is 0 Å². The van der Waals surface area contributed by atoms with Gasteiger partial charge in [0.1, 0.15) is 0 Å².